The second-order valence-electron chi connectivity index (χ2n) is 7.37. The van der Waals surface area contributed by atoms with Crippen LogP contribution in [0.1, 0.15) is 43.9 Å². The van der Waals surface area contributed by atoms with Gasteiger partial charge in [-0.25, -0.2) is 0 Å². The molecule has 0 atom stereocenters. The van der Waals surface area contributed by atoms with Crippen LogP contribution >= 0.6 is 0 Å². The zero-order chi connectivity index (χ0) is 18.6. The van der Waals surface area contributed by atoms with Gasteiger partial charge in [0.25, 0.3) is 0 Å². The van der Waals surface area contributed by atoms with E-state index in [2.05, 4.69) is 31.4 Å². The number of para-hydroxylation sites is 1. The van der Waals surface area contributed by atoms with Crippen molar-refractivity contribution in [1.29, 1.82) is 0 Å². The average molecular weight is 338 g/mol. The lowest BCUT2D eigenvalue weighted by Gasteiger charge is -2.19. The van der Waals surface area contributed by atoms with Crippen LogP contribution in [0.25, 0.3) is 0 Å². The lowest BCUT2D eigenvalue weighted by Crippen LogP contribution is -2.22. The number of amides is 2. The highest BCUT2D eigenvalue weighted by molar-refractivity contribution is 6.08. The van der Waals surface area contributed by atoms with Crippen molar-refractivity contribution in [2.24, 2.45) is 0 Å². The van der Waals surface area contributed by atoms with Gasteiger partial charge < -0.3 is 10.6 Å². The van der Waals surface area contributed by atoms with Crippen molar-refractivity contribution in [1.82, 2.24) is 0 Å². The number of carbonyl (C=O) groups excluding carboxylic acids is 2. The molecule has 0 saturated heterocycles. The number of hydrogen-bond acceptors (Lipinski definition) is 2. The van der Waals surface area contributed by atoms with E-state index in [-0.39, 0.29) is 23.7 Å². The van der Waals surface area contributed by atoms with Crippen LogP contribution in [0, 0.1) is 13.8 Å². The number of aryl methyl sites for hydroxylation is 2. The number of rotatable bonds is 4. The Labute approximate surface area is 149 Å². The third kappa shape index (κ3) is 5.18. The van der Waals surface area contributed by atoms with E-state index in [0.717, 1.165) is 16.8 Å². The molecule has 0 aromatic heterocycles. The van der Waals surface area contributed by atoms with Crippen LogP contribution in [0.4, 0.5) is 11.4 Å². The van der Waals surface area contributed by atoms with Gasteiger partial charge in [0.1, 0.15) is 6.42 Å². The molecule has 4 nitrogen and oxygen atoms in total. The van der Waals surface area contributed by atoms with Crippen molar-refractivity contribution < 1.29 is 9.59 Å². The van der Waals surface area contributed by atoms with Crippen molar-refractivity contribution in [3.8, 4) is 0 Å². The predicted molar refractivity (Wildman–Crippen MR) is 103 cm³/mol. The second-order valence-corrected chi connectivity index (χ2v) is 7.37. The minimum absolute atomic E-state index is 0.0633. The van der Waals surface area contributed by atoms with Crippen molar-refractivity contribution in [3.63, 3.8) is 0 Å². The van der Waals surface area contributed by atoms with Gasteiger partial charge in [-0.05, 0) is 48.1 Å². The summed E-state index contributed by atoms with van der Waals surface area (Å²) in [6, 6.07) is 13.5. The maximum atomic E-state index is 12.1. The molecule has 2 N–H and O–H groups in total. The molecule has 0 aliphatic rings. The molecule has 0 spiro atoms. The number of nitrogens with one attached hydrogen (secondary N) is 2. The smallest absolute Gasteiger partial charge is 0.233 e. The summed E-state index contributed by atoms with van der Waals surface area (Å²) in [7, 11) is 0. The van der Waals surface area contributed by atoms with Crippen LogP contribution < -0.4 is 10.6 Å². The standard InChI is InChI=1S/C21H26N2O2/c1-14-7-6-8-15(2)20(14)23-19(25)13-18(24)22-17-11-9-16(10-12-17)21(3,4)5/h6-12H,13H2,1-5H3,(H,22,24)(H,23,25). The first kappa shape index (κ1) is 18.7. The van der Waals surface area contributed by atoms with Crippen molar-refractivity contribution in [2.75, 3.05) is 10.6 Å². The van der Waals surface area contributed by atoms with E-state index in [1.54, 1.807) is 0 Å². The first-order valence-electron chi connectivity index (χ1n) is 8.43. The SMILES string of the molecule is Cc1cccc(C)c1NC(=O)CC(=O)Nc1ccc(C(C)(C)C)cc1. The molecule has 0 saturated carbocycles. The normalized spacial score (nSPS) is 11.1. The van der Waals surface area contributed by atoms with E-state index in [9.17, 15) is 9.59 Å². The molecule has 2 amide bonds. The Bertz CT molecular complexity index is 751. The Morgan fingerprint density at radius 2 is 1.36 bits per heavy atom. The summed E-state index contributed by atoms with van der Waals surface area (Å²) in [6.45, 7) is 10.3. The summed E-state index contributed by atoms with van der Waals surface area (Å²) >= 11 is 0. The number of carbonyl (C=O) groups is 2. The summed E-state index contributed by atoms with van der Waals surface area (Å²) in [5.74, 6) is -0.645. The average Bonchev–Trinajstić information content (AvgIpc) is 2.50. The van der Waals surface area contributed by atoms with Crippen LogP contribution in [-0.4, -0.2) is 11.8 Å². The van der Waals surface area contributed by atoms with E-state index in [0.29, 0.717) is 5.69 Å². The van der Waals surface area contributed by atoms with E-state index in [4.69, 9.17) is 0 Å². The van der Waals surface area contributed by atoms with Crippen molar-refractivity contribution >= 4 is 23.2 Å². The fourth-order valence-electron chi connectivity index (χ4n) is 2.60. The van der Waals surface area contributed by atoms with Crippen LogP contribution in [0.2, 0.25) is 0 Å². The van der Waals surface area contributed by atoms with E-state index in [1.807, 2.05) is 56.3 Å². The fraction of sp³-hybridized carbons (Fsp3) is 0.333. The Kier molecular flexibility index (Phi) is 5.62. The molecule has 4 heteroatoms. The molecule has 0 bridgehead atoms. The summed E-state index contributed by atoms with van der Waals surface area (Å²) in [4.78, 5) is 24.2. The fourth-order valence-corrected chi connectivity index (χ4v) is 2.60. The molecular formula is C21H26N2O2. The summed E-state index contributed by atoms with van der Waals surface area (Å²) in [6.07, 6.45) is -0.213. The van der Waals surface area contributed by atoms with E-state index < -0.39 is 0 Å². The molecule has 0 unspecified atom stereocenters. The molecule has 0 fully saturated rings. The molecule has 132 valence electrons. The lowest BCUT2D eigenvalue weighted by atomic mass is 9.87. The Balaban J connectivity index is 1.95. The van der Waals surface area contributed by atoms with Gasteiger partial charge in [-0.1, -0.05) is 51.1 Å². The van der Waals surface area contributed by atoms with E-state index in [1.165, 1.54) is 5.56 Å². The van der Waals surface area contributed by atoms with Gasteiger partial charge in [-0.3, -0.25) is 9.59 Å². The Morgan fingerprint density at radius 3 is 1.88 bits per heavy atom. The van der Waals surface area contributed by atoms with Gasteiger partial charge >= 0.3 is 0 Å². The van der Waals surface area contributed by atoms with Gasteiger partial charge in [-0.15, -0.1) is 0 Å². The van der Waals surface area contributed by atoms with Crippen LogP contribution in [0.5, 0.6) is 0 Å². The monoisotopic (exact) mass is 338 g/mol. The zero-order valence-electron chi connectivity index (χ0n) is 15.6. The molecular weight excluding hydrogens is 312 g/mol. The van der Waals surface area contributed by atoms with Crippen LogP contribution in [0.3, 0.4) is 0 Å². The quantitative estimate of drug-likeness (QED) is 0.802. The number of anilines is 2. The van der Waals surface area contributed by atoms with Crippen molar-refractivity contribution in [3.05, 3.63) is 59.2 Å². The topological polar surface area (TPSA) is 58.2 Å². The van der Waals surface area contributed by atoms with Gasteiger partial charge in [-0.2, -0.15) is 0 Å². The van der Waals surface area contributed by atoms with Gasteiger partial charge in [0.15, 0.2) is 0 Å². The molecule has 2 aromatic rings. The predicted octanol–water partition coefficient (Wildman–Crippen LogP) is 4.57. The second kappa shape index (κ2) is 7.51. The molecule has 0 aliphatic heterocycles. The first-order valence-corrected chi connectivity index (χ1v) is 8.43. The zero-order valence-corrected chi connectivity index (χ0v) is 15.6. The minimum Gasteiger partial charge on any atom is -0.326 e. The minimum atomic E-state index is -0.327. The maximum absolute atomic E-state index is 12.1. The highest BCUT2D eigenvalue weighted by atomic mass is 16.2. The largest absolute Gasteiger partial charge is 0.326 e. The van der Waals surface area contributed by atoms with Gasteiger partial charge in [0.2, 0.25) is 11.8 Å². The van der Waals surface area contributed by atoms with Crippen LogP contribution in [0.15, 0.2) is 42.5 Å². The van der Waals surface area contributed by atoms with Crippen LogP contribution in [-0.2, 0) is 15.0 Å². The molecule has 0 heterocycles. The highest BCUT2D eigenvalue weighted by Crippen LogP contribution is 2.23. The highest BCUT2D eigenvalue weighted by Gasteiger charge is 2.15. The molecule has 2 aromatic carbocycles. The maximum Gasteiger partial charge on any atom is 0.233 e. The Hall–Kier alpha value is -2.62. The Morgan fingerprint density at radius 1 is 0.840 bits per heavy atom. The third-order valence-corrected chi connectivity index (χ3v) is 4.10. The molecule has 0 radical (unpaired) electrons. The molecule has 2 rings (SSSR count). The first-order chi connectivity index (χ1) is 11.7. The van der Waals surface area contributed by atoms with Gasteiger partial charge in [0.05, 0.1) is 0 Å². The van der Waals surface area contributed by atoms with E-state index >= 15 is 0 Å². The van der Waals surface area contributed by atoms with Gasteiger partial charge in [0, 0.05) is 11.4 Å². The molecule has 25 heavy (non-hydrogen) atoms. The van der Waals surface area contributed by atoms with Crippen molar-refractivity contribution in [2.45, 2.75) is 46.5 Å². The number of hydrogen-bond donors (Lipinski definition) is 2. The number of benzene rings is 2. The molecule has 0 aliphatic carbocycles. The summed E-state index contributed by atoms with van der Waals surface area (Å²) in [5.41, 5.74) is 4.68. The summed E-state index contributed by atoms with van der Waals surface area (Å²) < 4.78 is 0. The third-order valence-electron chi connectivity index (χ3n) is 4.10. The lowest BCUT2D eigenvalue weighted by molar-refractivity contribution is -0.123. The summed E-state index contributed by atoms with van der Waals surface area (Å²) in [5, 5.41) is 5.59.